The summed E-state index contributed by atoms with van der Waals surface area (Å²) in [4.78, 5) is 15.9. The van der Waals surface area contributed by atoms with E-state index in [-0.39, 0.29) is 29.7 Å². The number of phenols is 1. The molecule has 0 aliphatic carbocycles. The van der Waals surface area contributed by atoms with Crippen LogP contribution in [0.5, 0.6) is 5.75 Å². The van der Waals surface area contributed by atoms with Crippen molar-refractivity contribution >= 4 is 17.2 Å². The van der Waals surface area contributed by atoms with Crippen molar-refractivity contribution in [2.24, 2.45) is 0 Å². The van der Waals surface area contributed by atoms with Gasteiger partial charge in [0.2, 0.25) is 5.91 Å². The van der Waals surface area contributed by atoms with Gasteiger partial charge in [0.15, 0.2) is 0 Å². The molecule has 1 amide bonds. The van der Waals surface area contributed by atoms with E-state index in [2.05, 4.69) is 0 Å². The Morgan fingerprint density at radius 1 is 1.09 bits per heavy atom. The van der Waals surface area contributed by atoms with Crippen LogP contribution in [0.25, 0.3) is 0 Å². The van der Waals surface area contributed by atoms with E-state index < -0.39 is 0 Å². The van der Waals surface area contributed by atoms with Gasteiger partial charge in [-0.25, -0.2) is 0 Å². The molecule has 1 N–H and O–H groups in total. The van der Waals surface area contributed by atoms with E-state index >= 15 is 0 Å². The van der Waals surface area contributed by atoms with Gasteiger partial charge >= 0.3 is 0 Å². The number of hydrogen-bond donors (Lipinski definition) is 1. The van der Waals surface area contributed by atoms with Crippen LogP contribution in [0.1, 0.15) is 50.5 Å². The Morgan fingerprint density at radius 2 is 1.74 bits per heavy atom. The van der Waals surface area contributed by atoms with Gasteiger partial charge in [0, 0.05) is 34.9 Å². The van der Waals surface area contributed by atoms with Crippen LogP contribution in [0.15, 0.2) is 41.8 Å². The van der Waals surface area contributed by atoms with Gasteiger partial charge in [0.1, 0.15) is 5.75 Å². The van der Waals surface area contributed by atoms with Gasteiger partial charge in [-0.05, 0) is 45.2 Å². The third-order valence-electron chi connectivity index (χ3n) is 3.98. The topological polar surface area (TPSA) is 40.5 Å². The second-order valence-corrected chi connectivity index (χ2v) is 7.30. The Labute approximate surface area is 142 Å². The maximum Gasteiger partial charge on any atom is 0.224 e. The minimum Gasteiger partial charge on any atom is -0.508 e. The summed E-state index contributed by atoms with van der Waals surface area (Å²) in [6, 6.07) is 11.6. The molecule has 0 aliphatic heterocycles. The fourth-order valence-corrected chi connectivity index (χ4v) is 3.93. The first kappa shape index (κ1) is 17.5. The van der Waals surface area contributed by atoms with Crippen LogP contribution < -0.4 is 0 Å². The number of nitrogens with zero attached hydrogens (tertiary/aromatic N) is 1. The van der Waals surface area contributed by atoms with Crippen molar-refractivity contribution in [2.75, 3.05) is 0 Å². The van der Waals surface area contributed by atoms with Gasteiger partial charge in [-0.2, -0.15) is 0 Å². The molecular weight excluding hydrogens is 306 g/mol. The molecule has 0 saturated carbocycles. The van der Waals surface area contributed by atoms with Gasteiger partial charge in [0.05, 0.1) is 0 Å². The van der Waals surface area contributed by atoms with E-state index in [0.717, 1.165) is 10.4 Å². The van der Waals surface area contributed by atoms with Crippen molar-refractivity contribution < 1.29 is 9.90 Å². The number of amides is 1. The number of rotatable bonds is 6. The molecule has 2 aromatic rings. The number of aromatic hydroxyl groups is 1. The second-order valence-electron chi connectivity index (χ2n) is 6.32. The van der Waals surface area contributed by atoms with Crippen molar-refractivity contribution in [3.05, 3.63) is 52.2 Å². The number of carbonyl (C=O) groups excluding carboxylic acids is 1. The van der Waals surface area contributed by atoms with Gasteiger partial charge < -0.3 is 10.0 Å². The molecule has 0 bridgehead atoms. The number of para-hydroxylation sites is 1. The van der Waals surface area contributed by atoms with Crippen LogP contribution in [0.4, 0.5) is 0 Å². The van der Waals surface area contributed by atoms with Crippen molar-refractivity contribution in [1.29, 1.82) is 0 Å². The Balaban J connectivity index is 2.33. The second kappa shape index (κ2) is 7.64. The highest BCUT2D eigenvalue weighted by Gasteiger charge is 2.27. The molecule has 0 fully saturated rings. The SMILES string of the molecule is CC(C)N(C(=O)CC(c1cccs1)c1ccccc1O)C(C)C. The summed E-state index contributed by atoms with van der Waals surface area (Å²) in [7, 11) is 0. The Bertz CT molecular complexity index is 627. The lowest BCUT2D eigenvalue weighted by Gasteiger charge is -2.32. The molecule has 124 valence electrons. The van der Waals surface area contributed by atoms with Gasteiger partial charge in [-0.15, -0.1) is 11.3 Å². The van der Waals surface area contributed by atoms with Crippen LogP contribution in [-0.4, -0.2) is 28.0 Å². The maximum atomic E-state index is 12.9. The van der Waals surface area contributed by atoms with Crippen molar-refractivity contribution in [2.45, 2.75) is 52.1 Å². The van der Waals surface area contributed by atoms with Gasteiger partial charge in [-0.3, -0.25) is 4.79 Å². The van der Waals surface area contributed by atoms with Crippen molar-refractivity contribution in [3.8, 4) is 5.75 Å². The largest absolute Gasteiger partial charge is 0.508 e. The average molecular weight is 331 g/mol. The maximum absolute atomic E-state index is 12.9. The van der Waals surface area contributed by atoms with Crippen LogP contribution in [0.2, 0.25) is 0 Å². The molecule has 1 aromatic carbocycles. The predicted octanol–water partition coefficient (Wildman–Crippen LogP) is 4.62. The highest BCUT2D eigenvalue weighted by Crippen LogP contribution is 2.36. The van der Waals surface area contributed by atoms with E-state index in [1.807, 2.05) is 62.2 Å². The molecular formula is C19H25NO2S. The fourth-order valence-electron chi connectivity index (χ4n) is 3.09. The van der Waals surface area contributed by atoms with E-state index in [1.165, 1.54) is 0 Å². The summed E-state index contributed by atoms with van der Waals surface area (Å²) in [5, 5.41) is 12.2. The average Bonchev–Trinajstić information content (AvgIpc) is 2.98. The zero-order chi connectivity index (χ0) is 17.0. The standard InChI is InChI=1S/C19H25NO2S/c1-13(2)20(14(3)4)19(22)12-16(18-10-7-11-23-18)15-8-5-6-9-17(15)21/h5-11,13-14,16,21H,12H2,1-4H3. The fraction of sp³-hybridized carbons (Fsp3) is 0.421. The van der Waals surface area contributed by atoms with Crippen molar-refractivity contribution in [1.82, 2.24) is 4.90 Å². The summed E-state index contributed by atoms with van der Waals surface area (Å²) in [6.45, 7) is 8.16. The summed E-state index contributed by atoms with van der Waals surface area (Å²) < 4.78 is 0. The summed E-state index contributed by atoms with van der Waals surface area (Å²) in [6.07, 6.45) is 0.369. The predicted molar refractivity (Wildman–Crippen MR) is 96.0 cm³/mol. The normalized spacial score (nSPS) is 12.6. The van der Waals surface area contributed by atoms with Crippen LogP contribution >= 0.6 is 11.3 Å². The lowest BCUT2D eigenvalue weighted by Crippen LogP contribution is -2.42. The third kappa shape index (κ3) is 4.14. The van der Waals surface area contributed by atoms with E-state index in [9.17, 15) is 9.90 Å². The Hall–Kier alpha value is -1.81. The first-order valence-electron chi connectivity index (χ1n) is 8.04. The zero-order valence-corrected chi connectivity index (χ0v) is 15.0. The molecule has 23 heavy (non-hydrogen) atoms. The monoisotopic (exact) mass is 331 g/mol. The number of phenolic OH excluding ortho intramolecular Hbond substituents is 1. The first-order valence-corrected chi connectivity index (χ1v) is 8.92. The first-order chi connectivity index (χ1) is 10.9. The van der Waals surface area contributed by atoms with E-state index in [4.69, 9.17) is 0 Å². The van der Waals surface area contributed by atoms with Crippen LogP contribution in [0.3, 0.4) is 0 Å². The highest BCUT2D eigenvalue weighted by atomic mass is 32.1. The molecule has 0 spiro atoms. The number of carbonyl (C=O) groups is 1. The smallest absolute Gasteiger partial charge is 0.224 e. The molecule has 1 unspecified atom stereocenters. The van der Waals surface area contributed by atoms with Crippen LogP contribution in [-0.2, 0) is 4.79 Å². The van der Waals surface area contributed by atoms with E-state index in [0.29, 0.717) is 6.42 Å². The molecule has 1 aromatic heterocycles. The van der Waals surface area contributed by atoms with E-state index in [1.54, 1.807) is 23.5 Å². The molecule has 0 saturated heterocycles. The molecule has 0 radical (unpaired) electrons. The highest BCUT2D eigenvalue weighted by molar-refractivity contribution is 7.10. The minimum atomic E-state index is -0.108. The Kier molecular flexibility index (Phi) is 5.83. The zero-order valence-electron chi connectivity index (χ0n) is 14.2. The number of thiophene rings is 1. The van der Waals surface area contributed by atoms with Crippen LogP contribution in [0, 0.1) is 0 Å². The third-order valence-corrected chi connectivity index (χ3v) is 4.96. The molecule has 2 rings (SSSR count). The Morgan fingerprint density at radius 3 is 2.26 bits per heavy atom. The lowest BCUT2D eigenvalue weighted by atomic mass is 9.92. The molecule has 1 atom stereocenters. The summed E-state index contributed by atoms with van der Waals surface area (Å²) in [5.74, 6) is 0.264. The van der Waals surface area contributed by atoms with Gasteiger partial charge in [-0.1, -0.05) is 24.3 Å². The van der Waals surface area contributed by atoms with Gasteiger partial charge in [0.25, 0.3) is 0 Å². The molecule has 0 aliphatic rings. The number of hydrogen-bond acceptors (Lipinski definition) is 3. The molecule has 4 heteroatoms. The minimum absolute atomic E-state index is 0.108. The lowest BCUT2D eigenvalue weighted by molar-refractivity contribution is -0.135. The summed E-state index contributed by atoms with van der Waals surface area (Å²) >= 11 is 1.62. The quantitative estimate of drug-likeness (QED) is 0.839. The van der Waals surface area contributed by atoms with Crippen molar-refractivity contribution in [3.63, 3.8) is 0 Å². The number of benzene rings is 1. The molecule has 1 heterocycles. The summed E-state index contributed by atoms with van der Waals surface area (Å²) in [5.41, 5.74) is 0.816. The molecule has 3 nitrogen and oxygen atoms in total.